The molecule has 2 rings (SSSR count). The third kappa shape index (κ3) is 2.95. The van der Waals surface area contributed by atoms with Crippen LogP contribution >= 0.6 is 0 Å². The van der Waals surface area contributed by atoms with E-state index in [0.29, 0.717) is 0 Å². The average Bonchev–Trinajstić information content (AvgIpc) is 2.89. The van der Waals surface area contributed by atoms with Crippen molar-refractivity contribution in [3.05, 3.63) is 42.5 Å². The number of nitrogens with two attached hydrogens (primary N) is 1. The molecule has 2 aromatic rings. The minimum Gasteiger partial charge on any atom is -0.368 e. The van der Waals surface area contributed by atoms with Crippen LogP contribution in [0.15, 0.2) is 36.7 Å². The third-order valence-electron chi connectivity index (χ3n) is 2.49. The Morgan fingerprint density at radius 2 is 2.00 bits per heavy atom. The highest BCUT2D eigenvalue weighted by molar-refractivity contribution is 5.94. The Morgan fingerprint density at radius 1 is 1.32 bits per heavy atom. The lowest BCUT2D eigenvalue weighted by atomic mass is 10.3. The molecule has 1 atom stereocenters. The minimum absolute atomic E-state index is 0.0167. The lowest BCUT2D eigenvalue weighted by Gasteiger charge is -2.07. The van der Waals surface area contributed by atoms with Crippen molar-refractivity contribution in [2.24, 2.45) is 5.73 Å². The number of carbonyl (C=O) groups is 2. The number of carbonyl (C=O) groups excluding carboxylic acids is 2. The molecule has 1 heterocycles. The van der Waals surface area contributed by atoms with Gasteiger partial charge in [0.2, 0.25) is 11.7 Å². The molecular formula is C12H13N5O2. The SMILES string of the molecule is C[C@H](NC(=O)c1ncn(-c2ccccc2)n1)C(N)=O. The third-order valence-corrected chi connectivity index (χ3v) is 2.49. The molecular weight excluding hydrogens is 246 g/mol. The van der Waals surface area contributed by atoms with Crippen LogP contribution in [0.2, 0.25) is 0 Å². The van der Waals surface area contributed by atoms with Gasteiger partial charge in [0.25, 0.3) is 5.91 Å². The first-order chi connectivity index (χ1) is 9.08. The van der Waals surface area contributed by atoms with E-state index in [9.17, 15) is 9.59 Å². The Bertz CT molecular complexity index is 593. The summed E-state index contributed by atoms with van der Waals surface area (Å²) >= 11 is 0. The molecule has 0 aliphatic rings. The van der Waals surface area contributed by atoms with Crippen LogP contribution in [-0.2, 0) is 4.79 Å². The quantitative estimate of drug-likeness (QED) is 0.798. The lowest BCUT2D eigenvalue weighted by Crippen LogP contribution is -2.42. The van der Waals surface area contributed by atoms with Crippen LogP contribution in [0.5, 0.6) is 0 Å². The number of amides is 2. The molecule has 1 aromatic carbocycles. The standard InChI is InChI=1S/C12H13N5O2/c1-8(10(13)18)15-12(19)11-14-7-17(16-11)9-5-3-2-4-6-9/h2-8H,1H3,(H2,13,18)(H,15,19)/t8-/m0/s1. The molecule has 3 N–H and O–H groups in total. The summed E-state index contributed by atoms with van der Waals surface area (Å²) < 4.78 is 1.48. The van der Waals surface area contributed by atoms with E-state index in [1.165, 1.54) is 17.9 Å². The number of rotatable bonds is 4. The molecule has 0 fully saturated rings. The van der Waals surface area contributed by atoms with Crippen LogP contribution in [0.1, 0.15) is 17.5 Å². The predicted octanol–water partition coefficient (Wildman–Crippen LogP) is -0.129. The minimum atomic E-state index is -0.767. The molecule has 7 nitrogen and oxygen atoms in total. The van der Waals surface area contributed by atoms with Gasteiger partial charge in [0.15, 0.2) is 0 Å². The molecule has 1 aromatic heterocycles. The Morgan fingerprint density at radius 3 is 2.63 bits per heavy atom. The van der Waals surface area contributed by atoms with Gasteiger partial charge in [-0.2, -0.15) is 0 Å². The number of hydrogen-bond acceptors (Lipinski definition) is 4. The monoisotopic (exact) mass is 259 g/mol. The van der Waals surface area contributed by atoms with E-state index in [1.807, 2.05) is 30.3 Å². The van der Waals surface area contributed by atoms with Gasteiger partial charge < -0.3 is 11.1 Å². The maximum absolute atomic E-state index is 11.7. The van der Waals surface area contributed by atoms with Crippen LogP contribution in [0.3, 0.4) is 0 Å². The van der Waals surface area contributed by atoms with Gasteiger partial charge in [-0.15, -0.1) is 5.10 Å². The van der Waals surface area contributed by atoms with Crippen LogP contribution in [0.25, 0.3) is 5.69 Å². The number of nitrogens with one attached hydrogen (secondary N) is 1. The van der Waals surface area contributed by atoms with Gasteiger partial charge in [-0.1, -0.05) is 18.2 Å². The van der Waals surface area contributed by atoms with E-state index in [0.717, 1.165) is 5.69 Å². The van der Waals surface area contributed by atoms with Crippen molar-refractivity contribution in [3.63, 3.8) is 0 Å². The number of aromatic nitrogens is 3. The highest BCUT2D eigenvalue weighted by atomic mass is 16.2. The topological polar surface area (TPSA) is 103 Å². The molecule has 98 valence electrons. The van der Waals surface area contributed by atoms with Gasteiger partial charge >= 0.3 is 0 Å². The van der Waals surface area contributed by atoms with E-state index in [2.05, 4.69) is 15.4 Å². The summed E-state index contributed by atoms with van der Waals surface area (Å²) in [7, 11) is 0. The molecule has 0 spiro atoms. The molecule has 0 saturated heterocycles. The van der Waals surface area contributed by atoms with Crippen molar-refractivity contribution in [1.29, 1.82) is 0 Å². The normalized spacial score (nSPS) is 11.8. The second-order valence-electron chi connectivity index (χ2n) is 3.95. The molecule has 19 heavy (non-hydrogen) atoms. The second-order valence-corrected chi connectivity index (χ2v) is 3.95. The average molecular weight is 259 g/mol. The summed E-state index contributed by atoms with van der Waals surface area (Å²) in [6.07, 6.45) is 1.43. The van der Waals surface area contributed by atoms with Gasteiger partial charge in [-0.3, -0.25) is 9.59 Å². The van der Waals surface area contributed by atoms with Crippen molar-refractivity contribution in [1.82, 2.24) is 20.1 Å². The van der Waals surface area contributed by atoms with Gasteiger partial charge in [0, 0.05) is 0 Å². The van der Waals surface area contributed by atoms with Crippen molar-refractivity contribution < 1.29 is 9.59 Å². The summed E-state index contributed by atoms with van der Waals surface area (Å²) in [5.74, 6) is -1.17. The van der Waals surface area contributed by atoms with Crippen molar-refractivity contribution in [2.45, 2.75) is 13.0 Å². The highest BCUT2D eigenvalue weighted by Crippen LogP contribution is 2.04. The Hall–Kier alpha value is -2.70. The second kappa shape index (κ2) is 5.30. The zero-order chi connectivity index (χ0) is 13.8. The molecule has 0 bridgehead atoms. The van der Waals surface area contributed by atoms with Crippen molar-refractivity contribution in [2.75, 3.05) is 0 Å². The first-order valence-corrected chi connectivity index (χ1v) is 5.65. The van der Waals surface area contributed by atoms with E-state index in [1.54, 1.807) is 0 Å². The van der Waals surface area contributed by atoms with Crippen LogP contribution in [0.4, 0.5) is 0 Å². The smallest absolute Gasteiger partial charge is 0.291 e. The van der Waals surface area contributed by atoms with Crippen molar-refractivity contribution in [3.8, 4) is 5.69 Å². The number of primary amides is 1. The maximum atomic E-state index is 11.7. The Kier molecular flexibility index (Phi) is 3.56. The predicted molar refractivity (Wildman–Crippen MR) is 67.5 cm³/mol. The zero-order valence-electron chi connectivity index (χ0n) is 10.3. The molecule has 0 radical (unpaired) electrons. The molecule has 0 aliphatic heterocycles. The fraction of sp³-hybridized carbons (Fsp3) is 0.167. The Labute approximate surface area is 109 Å². The molecule has 2 amide bonds. The van der Waals surface area contributed by atoms with Gasteiger partial charge in [0.1, 0.15) is 12.4 Å². The molecule has 0 saturated carbocycles. The number of hydrogen-bond donors (Lipinski definition) is 2. The van der Waals surface area contributed by atoms with E-state index in [-0.39, 0.29) is 5.82 Å². The first kappa shape index (κ1) is 12.7. The maximum Gasteiger partial charge on any atom is 0.291 e. The van der Waals surface area contributed by atoms with Crippen LogP contribution in [-0.4, -0.2) is 32.6 Å². The molecule has 0 aliphatic carbocycles. The summed E-state index contributed by atoms with van der Waals surface area (Å²) in [5, 5.41) is 6.44. The fourth-order valence-corrected chi connectivity index (χ4v) is 1.40. The Balaban J connectivity index is 2.13. The molecule has 7 heteroatoms. The first-order valence-electron chi connectivity index (χ1n) is 5.65. The van der Waals surface area contributed by atoms with Gasteiger partial charge in [-0.05, 0) is 19.1 Å². The zero-order valence-corrected chi connectivity index (χ0v) is 10.3. The van der Waals surface area contributed by atoms with Crippen LogP contribution in [0, 0.1) is 0 Å². The van der Waals surface area contributed by atoms with Crippen LogP contribution < -0.4 is 11.1 Å². The number of para-hydroxylation sites is 1. The number of nitrogens with zero attached hydrogens (tertiary/aromatic N) is 3. The van der Waals surface area contributed by atoms with Gasteiger partial charge in [0.05, 0.1) is 5.69 Å². The summed E-state index contributed by atoms with van der Waals surface area (Å²) in [6, 6.07) is 8.49. The van der Waals surface area contributed by atoms with Crippen molar-refractivity contribution >= 4 is 11.8 Å². The molecule has 0 unspecified atom stereocenters. The lowest BCUT2D eigenvalue weighted by molar-refractivity contribution is -0.119. The van der Waals surface area contributed by atoms with Gasteiger partial charge in [-0.25, -0.2) is 9.67 Å². The summed E-state index contributed by atoms with van der Waals surface area (Å²) in [6.45, 7) is 1.49. The fourth-order valence-electron chi connectivity index (χ4n) is 1.40. The largest absolute Gasteiger partial charge is 0.368 e. The summed E-state index contributed by atoms with van der Waals surface area (Å²) in [4.78, 5) is 26.5. The highest BCUT2D eigenvalue weighted by Gasteiger charge is 2.17. The number of benzene rings is 1. The van der Waals surface area contributed by atoms with E-state index >= 15 is 0 Å². The van der Waals surface area contributed by atoms with E-state index in [4.69, 9.17) is 5.73 Å². The van der Waals surface area contributed by atoms with E-state index < -0.39 is 17.9 Å². The summed E-state index contributed by atoms with van der Waals surface area (Å²) in [5.41, 5.74) is 5.85.